The van der Waals surface area contributed by atoms with Crippen LogP contribution in [0.25, 0.3) is 0 Å². The molecule has 1 heterocycles. The number of hydrogen-bond acceptors (Lipinski definition) is 3. The first-order chi connectivity index (χ1) is 8.20. The Morgan fingerprint density at radius 3 is 2.82 bits per heavy atom. The molecule has 88 valence electrons. The summed E-state index contributed by atoms with van der Waals surface area (Å²) in [5, 5.41) is 0. The fourth-order valence-electron chi connectivity index (χ4n) is 1.71. The van der Waals surface area contributed by atoms with Gasteiger partial charge in [0.15, 0.2) is 5.78 Å². The summed E-state index contributed by atoms with van der Waals surface area (Å²) in [5.74, 6) is 1.27. The molecule has 0 amide bonds. The lowest BCUT2D eigenvalue weighted by molar-refractivity contribution is 0.0984. The van der Waals surface area contributed by atoms with Gasteiger partial charge in [0.25, 0.3) is 0 Å². The number of rotatable bonds is 4. The van der Waals surface area contributed by atoms with Crippen molar-refractivity contribution in [3.8, 4) is 5.75 Å². The molecule has 0 saturated heterocycles. The number of benzene rings is 1. The minimum Gasteiger partial charge on any atom is -0.496 e. The molecule has 0 aliphatic heterocycles. The van der Waals surface area contributed by atoms with Crippen LogP contribution in [0.5, 0.6) is 5.75 Å². The highest BCUT2D eigenvalue weighted by molar-refractivity contribution is 5.99. The third-order valence-electron chi connectivity index (χ3n) is 2.57. The first kappa shape index (κ1) is 11.5. The molecule has 1 aromatic heterocycles. The van der Waals surface area contributed by atoms with E-state index in [0.29, 0.717) is 17.1 Å². The van der Waals surface area contributed by atoms with Crippen LogP contribution in [0.4, 0.5) is 0 Å². The molecule has 3 heteroatoms. The zero-order chi connectivity index (χ0) is 12.3. The maximum atomic E-state index is 12.1. The van der Waals surface area contributed by atoms with Crippen LogP contribution in [-0.2, 0) is 6.42 Å². The molecule has 2 aromatic rings. The molecule has 0 atom stereocenters. The van der Waals surface area contributed by atoms with Crippen molar-refractivity contribution in [2.45, 2.75) is 13.3 Å². The van der Waals surface area contributed by atoms with Gasteiger partial charge in [0.05, 0.1) is 25.4 Å². The largest absolute Gasteiger partial charge is 0.496 e. The molecule has 3 nitrogen and oxygen atoms in total. The third-order valence-corrected chi connectivity index (χ3v) is 2.57. The highest BCUT2D eigenvalue weighted by atomic mass is 16.5. The maximum absolute atomic E-state index is 12.1. The first-order valence-electron chi connectivity index (χ1n) is 5.41. The molecule has 0 unspecified atom stereocenters. The van der Waals surface area contributed by atoms with Gasteiger partial charge in [-0.25, -0.2) is 0 Å². The van der Waals surface area contributed by atoms with E-state index in [4.69, 9.17) is 9.15 Å². The van der Waals surface area contributed by atoms with Gasteiger partial charge in [-0.2, -0.15) is 0 Å². The number of Topliss-reactive ketones (excluding diaryl/α,β-unsaturated/α-hetero) is 1. The minimum absolute atomic E-state index is 0.000463. The lowest BCUT2D eigenvalue weighted by Crippen LogP contribution is -2.05. The van der Waals surface area contributed by atoms with Crippen molar-refractivity contribution in [2.75, 3.05) is 7.11 Å². The molecule has 0 fully saturated rings. The summed E-state index contributed by atoms with van der Waals surface area (Å²) in [4.78, 5) is 12.1. The smallest absolute Gasteiger partial charge is 0.174 e. The molecule has 0 N–H and O–H groups in total. The zero-order valence-electron chi connectivity index (χ0n) is 9.90. The molecule has 0 radical (unpaired) electrons. The molecular formula is C14H14O3. The molecule has 0 bridgehead atoms. The molecule has 2 rings (SSSR count). The Kier molecular flexibility index (Phi) is 3.28. The van der Waals surface area contributed by atoms with E-state index in [1.165, 1.54) is 0 Å². The molecule has 0 spiro atoms. The topological polar surface area (TPSA) is 39.4 Å². The van der Waals surface area contributed by atoms with Gasteiger partial charge in [0, 0.05) is 0 Å². The van der Waals surface area contributed by atoms with Crippen LogP contribution >= 0.6 is 0 Å². The molecule has 0 aliphatic rings. The first-order valence-corrected chi connectivity index (χ1v) is 5.41. The Balaban J connectivity index is 2.26. The van der Waals surface area contributed by atoms with E-state index in [2.05, 4.69) is 0 Å². The Bertz CT molecular complexity index is 512. The predicted molar refractivity (Wildman–Crippen MR) is 64.5 cm³/mol. The second kappa shape index (κ2) is 4.87. The number of carbonyl (C=O) groups is 1. The van der Waals surface area contributed by atoms with Gasteiger partial charge >= 0.3 is 0 Å². The van der Waals surface area contributed by atoms with Gasteiger partial charge in [0.2, 0.25) is 0 Å². The summed E-state index contributed by atoms with van der Waals surface area (Å²) >= 11 is 0. The second-order valence-corrected chi connectivity index (χ2v) is 3.88. The number of ketones is 1. The number of furan rings is 1. The summed E-state index contributed by atoms with van der Waals surface area (Å²) in [6, 6.07) is 9.13. The molecule has 0 aliphatic carbocycles. The van der Waals surface area contributed by atoms with Crippen molar-refractivity contribution in [1.82, 2.24) is 0 Å². The summed E-state index contributed by atoms with van der Waals surface area (Å²) in [5.41, 5.74) is 1.64. The van der Waals surface area contributed by atoms with Gasteiger partial charge in [-0.15, -0.1) is 0 Å². The van der Waals surface area contributed by atoms with E-state index in [1.54, 1.807) is 25.5 Å². The summed E-state index contributed by atoms with van der Waals surface area (Å²) < 4.78 is 10.4. The van der Waals surface area contributed by atoms with Crippen molar-refractivity contribution in [3.63, 3.8) is 0 Å². The molecule has 0 saturated carbocycles. The molecule has 1 aromatic carbocycles. The highest BCUT2D eigenvalue weighted by Crippen LogP contribution is 2.21. The van der Waals surface area contributed by atoms with Crippen molar-refractivity contribution < 1.29 is 13.9 Å². The number of carbonyl (C=O) groups excluding carboxylic acids is 1. The lowest BCUT2D eigenvalue weighted by atomic mass is 10.0. The van der Waals surface area contributed by atoms with Crippen LogP contribution < -0.4 is 4.74 Å². The standard InChI is InChI=1S/C14H14O3/c1-10-5-6-14(16-2)12(8-10)13(15)9-11-4-3-7-17-11/h3-8H,9H2,1-2H3. The van der Waals surface area contributed by atoms with E-state index in [9.17, 15) is 4.79 Å². The van der Waals surface area contributed by atoms with Gasteiger partial charge < -0.3 is 9.15 Å². The SMILES string of the molecule is COc1ccc(C)cc1C(=O)Cc1ccco1. The van der Waals surface area contributed by atoms with Gasteiger partial charge in [-0.3, -0.25) is 4.79 Å². The van der Waals surface area contributed by atoms with Gasteiger partial charge in [-0.05, 0) is 31.2 Å². The summed E-state index contributed by atoms with van der Waals surface area (Å²) in [6.07, 6.45) is 1.82. The van der Waals surface area contributed by atoms with Crippen LogP contribution in [0.15, 0.2) is 41.0 Å². The number of aryl methyl sites for hydroxylation is 1. The fraction of sp³-hybridized carbons (Fsp3) is 0.214. The van der Waals surface area contributed by atoms with Gasteiger partial charge in [-0.1, -0.05) is 11.6 Å². The molecule has 17 heavy (non-hydrogen) atoms. The number of hydrogen-bond donors (Lipinski definition) is 0. The van der Waals surface area contributed by atoms with E-state index >= 15 is 0 Å². The Morgan fingerprint density at radius 2 is 2.18 bits per heavy atom. The van der Waals surface area contributed by atoms with E-state index in [-0.39, 0.29) is 12.2 Å². The van der Waals surface area contributed by atoms with E-state index < -0.39 is 0 Å². The summed E-state index contributed by atoms with van der Waals surface area (Å²) in [7, 11) is 1.56. The zero-order valence-corrected chi connectivity index (χ0v) is 9.90. The third kappa shape index (κ3) is 2.56. The average molecular weight is 230 g/mol. The van der Waals surface area contributed by atoms with E-state index in [0.717, 1.165) is 5.56 Å². The van der Waals surface area contributed by atoms with Crippen LogP contribution in [0.2, 0.25) is 0 Å². The monoisotopic (exact) mass is 230 g/mol. The maximum Gasteiger partial charge on any atom is 0.174 e. The fourth-order valence-corrected chi connectivity index (χ4v) is 1.71. The van der Waals surface area contributed by atoms with Crippen molar-refractivity contribution in [3.05, 3.63) is 53.5 Å². The lowest BCUT2D eigenvalue weighted by Gasteiger charge is -2.07. The van der Waals surface area contributed by atoms with Crippen molar-refractivity contribution >= 4 is 5.78 Å². The second-order valence-electron chi connectivity index (χ2n) is 3.88. The Hall–Kier alpha value is -2.03. The number of methoxy groups -OCH3 is 1. The quantitative estimate of drug-likeness (QED) is 0.758. The Morgan fingerprint density at radius 1 is 1.35 bits per heavy atom. The average Bonchev–Trinajstić information content (AvgIpc) is 2.81. The highest BCUT2D eigenvalue weighted by Gasteiger charge is 2.14. The van der Waals surface area contributed by atoms with Crippen LogP contribution in [0, 0.1) is 6.92 Å². The normalized spacial score (nSPS) is 10.2. The predicted octanol–water partition coefficient (Wildman–Crippen LogP) is 3.02. The van der Waals surface area contributed by atoms with Crippen LogP contribution in [0.3, 0.4) is 0 Å². The van der Waals surface area contributed by atoms with Crippen molar-refractivity contribution in [2.24, 2.45) is 0 Å². The molecular weight excluding hydrogens is 216 g/mol. The van der Waals surface area contributed by atoms with Crippen LogP contribution in [-0.4, -0.2) is 12.9 Å². The Labute approximate surface area is 100 Å². The van der Waals surface area contributed by atoms with E-state index in [1.807, 2.05) is 25.1 Å². The minimum atomic E-state index is 0.000463. The number of ether oxygens (including phenoxy) is 1. The summed E-state index contributed by atoms with van der Waals surface area (Å²) in [6.45, 7) is 1.95. The van der Waals surface area contributed by atoms with Crippen molar-refractivity contribution in [1.29, 1.82) is 0 Å². The van der Waals surface area contributed by atoms with Gasteiger partial charge in [0.1, 0.15) is 11.5 Å². The van der Waals surface area contributed by atoms with Crippen LogP contribution in [0.1, 0.15) is 21.7 Å².